The zero-order valence-corrected chi connectivity index (χ0v) is 18.4. The van der Waals surface area contributed by atoms with Crippen LogP contribution in [0.5, 0.6) is 11.5 Å². The minimum Gasteiger partial charge on any atom is -0.497 e. The predicted molar refractivity (Wildman–Crippen MR) is 120 cm³/mol. The number of nitrogens with one attached hydrogen (secondary N) is 2. The highest BCUT2D eigenvalue weighted by Gasteiger charge is 2.23. The molecule has 1 aliphatic carbocycles. The average Bonchev–Trinajstić information content (AvgIpc) is 2.74. The molecule has 30 heavy (non-hydrogen) atoms. The highest BCUT2D eigenvalue weighted by molar-refractivity contribution is 5.85. The number of amides is 1. The summed E-state index contributed by atoms with van der Waals surface area (Å²) >= 11 is 0. The van der Waals surface area contributed by atoms with E-state index in [2.05, 4.69) is 20.6 Å². The average molecular weight is 436 g/mol. The summed E-state index contributed by atoms with van der Waals surface area (Å²) in [7, 11) is 5.51. The van der Waals surface area contributed by atoms with Gasteiger partial charge in [-0.25, -0.2) is 4.98 Å². The zero-order chi connectivity index (χ0) is 20.6. The number of halogens is 1. The minimum atomic E-state index is -0.105. The number of hydrogen-bond donors (Lipinski definition) is 2. The lowest BCUT2D eigenvalue weighted by Gasteiger charge is -2.29. The number of anilines is 2. The van der Waals surface area contributed by atoms with E-state index >= 15 is 0 Å². The number of ether oxygens (including phenoxy) is 2. The van der Waals surface area contributed by atoms with Crippen LogP contribution in [-0.4, -0.2) is 55.8 Å². The molecule has 1 amide bonds. The van der Waals surface area contributed by atoms with Gasteiger partial charge in [0.1, 0.15) is 17.3 Å². The molecule has 2 N–H and O–H groups in total. The fourth-order valence-corrected chi connectivity index (χ4v) is 3.34. The quantitative estimate of drug-likeness (QED) is 0.659. The lowest BCUT2D eigenvalue weighted by molar-refractivity contribution is -0.124. The van der Waals surface area contributed by atoms with Crippen LogP contribution in [0, 0.1) is 0 Å². The van der Waals surface area contributed by atoms with Gasteiger partial charge in [-0.1, -0.05) is 6.07 Å². The largest absolute Gasteiger partial charge is 0.497 e. The van der Waals surface area contributed by atoms with E-state index in [1.54, 1.807) is 25.4 Å². The second kappa shape index (κ2) is 11.4. The Balaban J connectivity index is 0.00000320. The number of aromatic nitrogens is 2. The van der Waals surface area contributed by atoms with Crippen LogP contribution in [0.4, 0.5) is 11.8 Å². The van der Waals surface area contributed by atoms with Gasteiger partial charge in [0.05, 0.1) is 7.11 Å². The molecule has 2 aromatic rings. The minimum absolute atomic E-state index is 0. The fourth-order valence-electron chi connectivity index (χ4n) is 3.34. The molecule has 1 aliphatic rings. The summed E-state index contributed by atoms with van der Waals surface area (Å²) in [6.07, 6.45) is 5.50. The number of rotatable bonds is 8. The van der Waals surface area contributed by atoms with Gasteiger partial charge >= 0.3 is 0 Å². The lowest BCUT2D eigenvalue weighted by atomic mass is 9.91. The number of carbonyl (C=O) groups excluding carboxylic acids is 1. The summed E-state index contributed by atoms with van der Waals surface area (Å²) in [4.78, 5) is 23.0. The van der Waals surface area contributed by atoms with Gasteiger partial charge in [0.2, 0.25) is 5.95 Å². The summed E-state index contributed by atoms with van der Waals surface area (Å²) in [5, 5.41) is 6.47. The maximum Gasteiger partial charge on any atom is 0.258 e. The Bertz CT molecular complexity index is 813. The van der Waals surface area contributed by atoms with Crippen molar-refractivity contribution in [1.29, 1.82) is 0 Å². The van der Waals surface area contributed by atoms with Crippen molar-refractivity contribution in [1.82, 2.24) is 15.3 Å². The molecule has 0 radical (unpaired) electrons. The summed E-state index contributed by atoms with van der Waals surface area (Å²) in [5.74, 6) is 2.74. The molecular formula is C21H30ClN5O3. The Morgan fingerprint density at radius 2 is 1.83 bits per heavy atom. The number of hydrogen-bond acceptors (Lipinski definition) is 7. The number of benzene rings is 1. The summed E-state index contributed by atoms with van der Waals surface area (Å²) < 4.78 is 10.7. The molecular weight excluding hydrogens is 406 g/mol. The number of nitrogens with zero attached hydrogens (tertiary/aromatic N) is 3. The Morgan fingerprint density at radius 1 is 1.13 bits per heavy atom. The van der Waals surface area contributed by atoms with E-state index in [0.717, 1.165) is 31.5 Å². The van der Waals surface area contributed by atoms with Crippen LogP contribution in [0.1, 0.15) is 25.7 Å². The first-order valence-corrected chi connectivity index (χ1v) is 9.86. The van der Waals surface area contributed by atoms with Crippen LogP contribution in [0.2, 0.25) is 0 Å². The molecule has 1 aromatic heterocycles. The Labute approximate surface area is 183 Å². The summed E-state index contributed by atoms with van der Waals surface area (Å²) in [6.45, 7) is -0.00346. The molecule has 0 saturated heterocycles. The first-order valence-electron chi connectivity index (χ1n) is 9.86. The highest BCUT2D eigenvalue weighted by Crippen LogP contribution is 2.22. The van der Waals surface area contributed by atoms with Crippen molar-refractivity contribution < 1.29 is 14.3 Å². The van der Waals surface area contributed by atoms with E-state index in [9.17, 15) is 4.79 Å². The zero-order valence-electron chi connectivity index (χ0n) is 17.6. The molecule has 3 rings (SSSR count). The van der Waals surface area contributed by atoms with E-state index in [1.807, 2.05) is 37.2 Å². The molecule has 0 aliphatic heterocycles. The van der Waals surface area contributed by atoms with E-state index < -0.39 is 0 Å². The van der Waals surface area contributed by atoms with Gasteiger partial charge in [0, 0.05) is 38.4 Å². The molecule has 9 heteroatoms. The fraction of sp³-hybridized carbons (Fsp3) is 0.476. The van der Waals surface area contributed by atoms with Crippen LogP contribution in [-0.2, 0) is 4.79 Å². The SMILES string of the molecule is COc1cccc(OCC(=O)N[C@H]2CC[C@@H](Nc3nccc(N(C)C)n3)CC2)c1.Cl. The predicted octanol–water partition coefficient (Wildman–Crippen LogP) is 2.89. The van der Waals surface area contributed by atoms with Crippen LogP contribution in [0.15, 0.2) is 36.5 Å². The van der Waals surface area contributed by atoms with Crippen molar-refractivity contribution >= 4 is 30.1 Å². The Morgan fingerprint density at radius 3 is 2.53 bits per heavy atom. The van der Waals surface area contributed by atoms with Gasteiger partial charge in [-0.2, -0.15) is 4.98 Å². The highest BCUT2D eigenvalue weighted by atomic mass is 35.5. The number of methoxy groups -OCH3 is 1. The molecule has 164 valence electrons. The van der Waals surface area contributed by atoms with Gasteiger partial charge in [-0.15, -0.1) is 12.4 Å². The molecule has 1 aromatic carbocycles. The van der Waals surface area contributed by atoms with Crippen LogP contribution in [0.3, 0.4) is 0 Å². The first-order chi connectivity index (χ1) is 14.0. The maximum atomic E-state index is 12.2. The molecule has 1 fully saturated rings. The maximum absolute atomic E-state index is 12.2. The van der Waals surface area contributed by atoms with E-state index in [4.69, 9.17) is 9.47 Å². The standard InChI is InChI=1S/C21H29N5O3.ClH/c1-26(2)19-11-12-22-21(25-19)24-16-9-7-15(8-10-16)23-20(27)14-29-18-6-4-5-17(13-18)28-3;/h4-6,11-13,15-16H,7-10,14H2,1-3H3,(H,23,27)(H,22,24,25);1H/t15-,16+;. The smallest absolute Gasteiger partial charge is 0.258 e. The van der Waals surface area contributed by atoms with E-state index in [1.165, 1.54) is 0 Å². The Hall–Kier alpha value is -2.74. The second-order valence-electron chi connectivity index (χ2n) is 7.36. The molecule has 0 spiro atoms. The van der Waals surface area contributed by atoms with Gasteiger partial charge in [-0.3, -0.25) is 4.79 Å². The van der Waals surface area contributed by atoms with Crippen LogP contribution >= 0.6 is 12.4 Å². The molecule has 1 saturated carbocycles. The third kappa shape index (κ3) is 6.95. The first kappa shape index (κ1) is 23.5. The monoisotopic (exact) mass is 435 g/mol. The van der Waals surface area contributed by atoms with Crippen molar-refractivity contribution in [3.8, 4) is 11.5 Å². The molecule has 0 atom stereocenters. The van der Waals surface area contributed by atoms with Crippen LogP contribution in [0.25, 0.3) is 0 Å². The Kier molecular flexibility index (Phi) is 8.98. The third-order valence-electron chi connectivity index (χ3n) is 4.94. The third-order valence-corrected chi connectivity index (χ3v) is 4.94. The van der Waals surface area contributed by atoms with Gasteiger partial charge in [0.15, 0.2) is 6.61 Å². The van der Waals surface area contributed by atoms with E-state index in [-0.39, 0.29) is 31.0 Å². The summed E-state index contributed by atoms with van der Waals surface area (Å²) in [6, 6.07) is 9.60. The van der Waals surface area contributed by atoms with Gasteiger partial charge in [-0.05, 0) is 43.9 Å². The van der Waals surface area contributed by atoms with Crippen molar-refractivity contribution in [2.24, 2.45) is 0 Å². The molecule has 0 bridgehead atoms. The van der Waals surface area contributed by atoms with Crippen molar-refractivity contribution in [2.75, 3.05) is 38.0 Å². The number of carbonyl (C=O) groups is 1. The normalized spacial score (nSPS) is 18.0. The van der Waals surface area contributed by atoms with Gasteiger partial charge < -0.3 is 25.0 Å². The lowest BCUT2D eigenvalue weighted by Crippen LogP contribution is -2.42. The molecule has 8 nitrogen and oxygen atoms in total. The molecule has 0 unspecified atom stereocenters. The van der Waals surface area contributed by atoms with Crippen molar-refractivity contribution in [2.45, 2.75) is 37.8 Å². The van der Waals surface area contributed by atoms with Crippen molar-refractivity contribution in [3.63, 3.8) is 0 Å². The van der Waals surface area contributed by atoms with Crippen LogP contribution < -0.4 is 25.0 Å². The van der Waals surface area contributed by atoms with Crippen molar-refractivity contribution in [3.05, 3.63) is 36.5 Å². The van der Waals surface area contributed by atoms with Gasteiger partial charge in [0.25, 0.3) is 5.91 Å². The summed E-state index contributed by atoms with van der Waals surface area (Å²) in [5.41, 5.74) is 0. The molecule has 1 heterocycles. The second-order valence-corrected chi connectivity index (χ2v) is 7.36. The van der Waals surface area contributed by atoms with E-state index in [0.29, 0.717) is 23.5 Å². The topological polar surface area (TPSA) is 88.6 Å².